The first kappa shape index (κ1) is 21.0. The number of benzene rings is 1. The molecule has 26 heavy (non-hydrogen) atoms. The zero-order valence-electron chi connectivity index (χ0n) is 15.3. The largest absolute Gasteiger partial charge is 0.497 e. The highest BCUT2D eigenvalue weighted by molar-refractivity contribution is 5.96. The molecule has 142 valence electrons. The van der Waals surface area contributed by atoms with E-state index >= 15 is 0 Å². The molecule has 2 N–H and O–H groups in total. The van der Waals surface area contributed by atoms with E-state index in [-0.39, 0.29) is 6.04 Å². The highest BCUT2D eigenvalue weighted by Crippen LogP contribution is 2.25. The van der Waals surface area contributed by atoms with E-state index in [0.29, 0.717) is 17.1 Å². The van der Waals surface area contributed by atoms with Crippen molar-refractivity contribution >= 4 is 24.0 Å². The number of amides is 3. The lowest BCUT2D eigenvalue weighted by molar-refractivity contribution is -0.143. The van der Waals surface area contributed by atoms with Crippen molar-refractivity contribution in [3.8, 4) is 11.5 Å². The molecule has 0 bridgehead atoms. The highest BCUT2D eigenvalue weighted by Gasteiger charge is 2.11. The quantitative estimate of drug-likeness (QED) is 0.539. The lowest BCUT2D eigenvalue weighted by Gasteiger charge is -2.11. The molecule has 0 radical (unpaired) electrons. The third-order valence-electron chi connectivity index (χ3n) is 3.42. The fourth-order valence-corrected chi connectivity index (χ4v) is 1.84. The average molecular weight is 364 g/mol. The zero-order chi connectivity index (χ0) is 19.5. The fourth-order valence-electron chi connectivity index (χ4n) is 1.84. The Morgan fingerprint density at radius 2 is 1.92 bits per heavy atom. The first-order valence-corrected chi connectivity index (χ1v) is 8.06. The molecule has 8 nitrogen and oxygen atoms in total. The van der Waals surface area contributed by atoms with Crippen LogP contribution in [-0.4, -0.2) is 44.8 Å². The molecular weight excluding hydrogens is 340 g/mol. The van der Waals surface area contributed by atoms with Gasteiger partial charge in [-0.15, -0.1) is 0 Å². The van der Waals surface area contributed by atoms with Crippen molar-refractivity contribution in [2.24, 2.45) is 0 Å². The van der Waals surface area contributed by atoms with Crippen LogP contribution in [0.2, 0.25) is 0 Å². The van der Waals surface area contributed by atoms with Crippen LogP contribution in [0.5, 0.6) is 11.5 Å². The Morgan fingerprint density at radius 3 is 2.54 bits per heavy atom. The van der Waals surface area contributed by atoms with Crippen LogP contribution in [-0.2, 0) is 14.3 Å². The molecule has 1 aromatic rings. The third kappa shape index (κ3) is 7.25. The fraction of sp³-hybridized carbons (Fsp3) is 0.389. The Balaban J connectivity index is 2.53. The summed E-state index contributed by atoms with van der Waals surface area (Å²) in [5, 5.41) is 4.65. The van der Waals surface area contributed by atoms with Gasteiger partial charge in [-0.3, -0.25) is 10.1 Å². The number of hydrogen-bond acceptors (Lipinski definition) is 6. The third-order valence-corrected chi connectivity index (χ3v) is 3.42. The normalized spacial score (nSPS) is 11.5. The molecule has 0 heterocycles. The molecule has 1 atom stereocenters. The maximum Gasteiger partial charge on any atom is 0.331 e. The minimum absolute atomic E-state index is 0.0638. The van der Waals surface area contributed by atoms with E-state index in [9.17, 15) is 14.4 Å². The molecule has 1 aromatic carbocycles. The van der Waals surface area contributed by atoms with Gasteiger partial charge >= 0.3 is 12.0 Å². The Labute approximate surface area is 152 Å². The van der Waals surface area contributed by atoms with Crippen LogP contribution in [0.3, 0.4) is 0 Å². The highest BCUT2D eigenvalue weighted by atomic mass is 16.5. The number of esters is 1. The molecule has 0 saturated carbocycles. The summed E-state index contributed by atoms with van der Waals surface area (Å²) in [5.41, 5.74) is 0.612. The van der Waals surface area contributed by atoms with Gasteiger partial charge in [-0.1, -0.05) is 6.92 Å². The summed E-state index contributed by atoms with van der Waals surface area (Å²) >= 11 is 0. The van der Waals surface area contributed by atoms with E-state index in [0.717, 1.165) is 12.5 Å². The molecule has 0 aliphatic carbocycles. The van der Waals surface area contributed by atoms with Crippen molar-refractivity contribution in [1.29, 1.82) is 0 Å². The van der Waals surface area contributed by atoms with Crippen LogP contribution < -0.4 is 20.1 Å². The van der Waals surface area contributed by atoms with Gasteiger partial charge in [0, 0.05) is 17.7 Å². The maximum atomic E-state index is 11.7. The second-order valence-corrected chi connectivity index (χ2v) is 5.38. The van der Waals surface area contributed by atoms with Crippen molar-refractivity contribution in [1.82, 2.24) is 10.6 Å². The van der Waals surface area contributed by atoms with E-state index in [4.69, 9.17) is 14.2 Å². The lowest BCUT2D eigenvalue weighted by Crippen LogP contribution is -2.44. The van der Waals surface area contributed by atoms with Gasteiger partial charge in [-0.2, -0.15) is 0 Å². The smallest absolute Gasteiger partial charge is 0.331 e. The standard InChI is InChI=1S/C18H24N2O6/c1-5-12(2)19-18(23)20-16(21)11-26-17(22)9-6-13-10-14(24-3)7-8-15(13)25-4/h6-10,12H,5,11H2,1-4H3,(H2,19,20,21,23)/b9-6+/t12-/m1/s1. The summed E-state index contributed by atoms with van der Waals surface area (Å²) in [6.07, 6.45) is 3.37. The molecular formula is C18H24N2O6. The Kier molecular flexibility index (Phi) is 8.69. The van der Waals surface area contributed by atoms with Crippen molar-refractivity contribution in [2.45, 2.75) is 26.3 Å². The number of rotatable bonds is 8. The Morgan fingerprint density at radius 1 is 1.19 bits per heavy atom. The van der Waals surface area contributed by atoms with Crippen molar-refractivity contribution in [3.63, 3.8) is 0 Å². The van der Waals surface area contributed by atoms with Crippen molar-refractivity contribution < 1.29 is 28.6 Å². The molecule has 0 spiro atoms. The van der Waals surface area contributed by atoms with Gasteiger partial charge in [0.25, 0.3) is 5.91 Å². The number of hydrogen-bond donors (Lipinski definition) is 2. The summed E-state index contributed by atoms with van der Waals surface area (Å²) in [6.45, 7) is 3.15. The van der Waals surface area contributed by atoms with Crippen LogP contribution in [0.15, 0.2) is 24.3 Å². The Bertz CT molecular complexity index is 672. The van der Waals surface area contributed by atoms with Gasteiger partial charge in [0.05, 0.1) is 14.2 Å². The minimum atomic E-state index is -0.729. The van der Waals surface area contributed by atoms with Gasteiger partial charge in [-0.25, -0.2) is 9.59 Å². The monoisotopic (exact) mass is 364 g/mol. The summed E-state index contributed by atoms with van der Waals surface area (Å²) < 4.78 is 15.1. The van der Waals surface area contributed by atoms with Crippen LogP contribution in [0, 0.1) is 0 Å². The number of nitrogens with one attached hydrogen (secondary N) is 2. The molecule has 0 aliphatic rings. The predicted octanol–water partition coefficient (Wildman–Crippen LogP) is 1.88. The van der Waals surface area contributed by atoms with Crippen LogP contribution in [0.25, 0.3) is 6.08 Å². The Hall–Kier alpha value is -3.03. The number of ether oxygens (including phenoxy) is 3. The number of urea groups is 1. The average Bonchev–Trinajstić information content (AvgIpc) is 2.63. The van der Waals surface area contributed by atoms with Gasteiger partial charge in [-0.05, 0) is 37.6 Å². The van der Waals surface area contributed by atoms with E-state index in [1.807, 2.05) is 13.8 Å². The van der Waals surface area contributed by atoms with Crippen LogP contribution in [0.4, 0.5) is 4.79 Å². The molecule has 0 saturated heterocycles. The van der Waals surface area contributed by atoms with Crippen molar-refractivity contribution in [2.75, 3.05) is 20.8 Å². The van der Waals surface area contributed by atoms with Crippen LogP contribution in [0.1, 0.15) is 25.8 Å². The molecule has 8 heteroatoms. The molecule has 0 unspecified atom stereocenters. The topological polar surface area (TPSA) is 103 Å². The SMILES string of the molecule is CC[C@@H](C)NC(=O)NC(=O)COC(=O)/C=C/c1cc(OC)ccc1OC. The van der Waals surface area contributed by atoms with E-state index < -0.39 is 24.5 Å². The number of carbonyl (C=O) groups is 3. The summed E-state index contributed by atoms with van der Waals surface area (Å²) in [5.74, 6) is -0.293. The van der Waals surface area contributed by atoms with Gasteiger partial charge in [0.1, 0.15) is 11.5 Å². The first-order chi connectivity index (χ1) is 12.4. The van der Waals surface area contributed by atoms with E-state index in [2.05, 4.69) is 10.6 Å². The summed E-state index contributed by atoms with van der Waals surface area (Å²) in [7, 11) is 3.03. The number of methoxy groups -OCH3 is 2. The lowest BCUT2D eigenvalue weighted by atomic mass is 10.1. The predicted molar refractivity (Wildman–Crippen MR) is 96.0 cm³/mol. The van der Waals surface area contributed by atoms with Crippen molar-refractivity contribution in [3.05, 3.63) is 29.8 Å². The van der Waals surface area contributed by atoms with Crippen LogP contribution >= 0.6 is 0 Å². The summed E-state index contributed by atoms with van der Waals surface area (Å²) in [4.78, 5) is 34.8. The molecule has 0 aliphatic heterocycles. The molecule has 3 amide bonds. The minimum Gasteiger partial charge on any atom is -0.497 e. The molecule has 0 fully saturated rings. The first-order valence-electron chi connectivity index (χ1n) is 8.06. The second-order valence-electron chi connectivity index (χ2n) is 5.38. The maximum absolute atomic E-state index is 11.7. The number of imide groups is 1. The van der Waals surface area contributed by atoms with Gasteiger partial charge < -0.3 is 19.5 Å². The summed E-state index contributed by atoms with van der Waals surface area (Å²) in [6, 6.07) is 4.42. The second kappa shape index (κ2) is 10.8. The molecule has 0 aromatic heterocycles. The van der Waals surface area contributed by atoms with Gasteiger partial charge in [0.15, 0.2) is 6.61 Å². The number of carbonyl (C=O) groups excluding carboxylic acids is 3. The molecule has 1 rings (SSSR count). The zero-order valence-corrected chi connectivity index (χ0v) is 15.3. The van der Waals surface area contributed by atoms with Gasteiger partial charge in [0.2, 0.25) is 0 Å². The van der Waals surface area contributed by atoms with E-state index in [1.165, 1.54) is 20.3 Å². The van der Waals surface area contributed by atoms with E-state index in [1.54, 1.807) is 18.2 Å².